The minimum absolute atomic E-state index is 0.0440. The summed E-state index contributed by atoms with van der Waals surface area (Å²) in [5.74, 6) is -6.18. The minimum Gasteiger partial charge on any atom is -0.508 e. The van der Waals surface area contributed by atoms with Crippen molar-refractivity contribution < 1.29 is 49.5 Å². The van der Waals surface area contributed by atoms with Crippen molar-refractivity contribution in [3.63, 3.8) is 0 Å². The average molecular weight is 470 g/mol. The summed E-state index contributed by atoms with van der Waals surface area (Å²) in [6, 6.07) is -0.551. The Kier molecular flexibility index (Phi) is 10.7. The molecule has 0 saturated carbocycles. The molecular formula is C19H26N4O10. The van der Waals surface area contributed by atoms with Crippen LogP contribution in [0.25, 0.3) is 0 Å². The number of carboxylic acid groups (broad SMARTS) is 2. The predicted octanol–water partition coefficient (Wildman–Crippen LogP) is -3.74. The third-order valence-corrected chi connectivity index (χ3v) is 4.35. The molecule has 4 atom stereocenters. The molecule has 10 N–H and O–H groups in total. The Morgan fingerprint density at radius 1 is 0.788 bits per heavy atom. The molecule has 4 unspecified atom stereocenters. The first-order valence-electron chi connectivity index (χ1n) is 9.59. The highest BCUT2D eigenvalue weighted by atomic mass is 16.4. The van der Waals surface area contributed by atoms with E-state index in [4.69, 9.17) is 21.1 Å². The Bertz CT molecular complexity index is 861. The van der Waals surface area contributed by atoms with Gasteiger partial charge in [-0.1, -0.05) is 12.1 Å². The van der Waals surface area contributed by atoms with E-state index in [0.717, 1.165) is 0 Å². The van der Waals surface area contributed by atoms with Crippen molar-refractivity contribution >= 4 is 29.7 Å². The number of hydrogen-bond donors (Lipinski definition) is 9. The van der Waals surface area contributed by atoms with Crippen LogP contribution in [0, 0.1) is 0 Å². The summed E-state index contributed by atoms with van der Waals surface area (Å²) in [4.78, 5) is 59.0. The number of aliphatic carboxylic acids is 2. The molecule has 182 valence electrons. The fourth-order valence-electron chi connectivity index (χ4n) is 2.55. The van der Waals surface area contributed by atoms with Gasteiger partial charge in [0.2, 0.25) is 17.7 Å². The number of rotatable bonds is 13. The monoisotopic (exact) mass is 470 g/mol. The zero-order valence-electron chi connectivity index (χ0n) is 17.3. The van der Waals surface area contributed by atoms with Gasteiger partial charge in [-0.3, -0.25) is 19.2 Å². The van der Waals surface area contributed by atoms with Crippen molar-refractivity contribution in [1.29, 1.82) is 0 Å². The van der Waals surface area contributed by atoms with Crippen LogP contribution in [0.5, 0.6) is 5.75 Å². The van der Waals surface area contributed by atoms with Crippen LogP contribution in [0.1, 0.15) is 12.0 Å². The third kappa shape index (κ3) is 9.10. The van der Waals surface area contributed by atoms with Gasteiger partial charge in [-0.15, -0.1) is 0 Å². The number of carbonyl (C=O) groups excluding carboxylic acids is 3. The number of amides is 3. The number of carboxylic acids is 2. The van der Waals surface area contributed by atoms with Crippen molar-refractivity contribution in [2.24, 2.45) is 5.73 Å². The van der Waals surface area contributed by atoms with E-state index in [2.05, 4.69) is 10.6 Å². The second-order valence-corrected chi connectivity index (χ2v) is 6.96. The van der Waals surface area contributed by atoms with Gasteiger partial charge in [0, 0.05) is 6.42 Å². The molecule has 1 rings (SSSR count). The molecule has 1 aromatic rings. The van der Waals surface area contributed by atoms with Crippen LogP contribution in [0.2, 0.25) is 0 Å². The fraction of sp³-hybridized carbons (Fsp3) is 0.421. The third-order valence-electron chi connectivity index (χ3n) is 4.35. The molecule has 14 nitrogen and oxygen atoms in total. The number of phenols is 1. The summed E-state index contributed by atoms with van der Waals surface area (Å²) in [5.41, 5.74) is 5.93. The largest absolute Gasteiger partial charge is 0.508 e. The molecule has 0 spiro atoms. The fourth-order valence-corrected chi connectivity index (χ4v) is 2.55. The normalized spacial score (nSPS) is 14.3. The van der Waals surface area contributed by atoms with E-state index in [9.17, 15) is 34.2 Å². The summed E-state index contributed by atoms with van der Waals surface area (Å²) in [6.45, 7) is -1.67. The van der Waals surface area contributed by atoms with Crippen LogP contribution in [0.4, 0.5) is 0 Å². The summed E-state index contributed by atoms with van der Waals surface area (Å²) in [5, 5.41) is 52.0. The van der Waals surface area contributed by atoms with Crippen molar-refractivity contribution in [2.45, 2.75) is 37.0 Å². The molecule has 33 heavy (non-hydrogen) atoms. The minimum atomic E-state index is -1.81. The maximum Gasteiger partial charge on any atom is 0.326 e. The molecule has 0 heterocycles. The van der Waals surface area contributed by atoms with E-state index in [1.807, 2.05) is 5.32 Å². The highest BCUT2D eigenvalue weighted by Crippen LogP contribution is 2.12. The number of nitrogens with two attached hydrogens (primary N) is 1. The van der Waals surface area contributed by atoms with Gasteiger partial charge in [0.15, 0.2) is 0 Å². The smallest absolute Gasteiger partial charge is 0.326 e. The van der Waals surface area contributed by atoms with Gasteiger partial charge in [0.05, 0.1) is 19.6 Å². The number of hydrogen-bond acceptors (Lipinski definition) is 9. The van der Waals surface area contributed by atoms with Crippen molar-refractivity contribution in [3.05, 3.63) is 29.8 Å². The molecule has 0 aromatic heterocycles. The Morgan fingerprint density at radius 2 is 1.30 bits per heavy atom. The first kappa shape index (κ1) is 27.3. The number of aliphatic hydroxyl groups is 2. The van der Waals surface area contributed by atoms with E-state index in [1.165, 1.54) is 24.3 Å². The molecule has 0 aliphatic heterocycles. The molecule has 0 bridgehead atoms. The maximum absolute atomic E-state index is 12.8. The van der Waals surface area contributed by atoms with E-state index >= 15 is 0 Å². The second kappa shape index (κ2) is 12.9. The van der Waals surface area contributed by atoms with Gasteiger partial charge in [0.1, 0.15) is 29.9 Å². The van der Waals surface area contributed by atoms with E-state index in [0.29, 0.717) is 5.56 Å². The molecule has 0 radical (unpaired) electrons. The molecule has 3 amide bonds. The Morgan fingerprint density at radius 3 is 1.79 bits per heavy atom. The molecule has 14 heteroatoms. The first-order chi connectivity index (χ1) is 15.5. The van der Waals surface area contributed by atoms with Gasteiger partial charge in [0.25, 0.3) is 0 Å². The zero-order chi connectivity index (χ0) is 25.1. The Labute approximate surface area is 187 Å². The Hall–Kier alpha value is -3.75. The molecular weight excluding hydrogens is 444 g/mol. The molecule has 1 aromatic carbocycles. The van der Waals surface area contributed by atoms with Gasteiger partial charge >= 0.3 is 11.9 Å². The van der Waals surface area contributed by atoms with Crippen LogP contribution >= 0.6 is 0 Å². The van der Waals surface area contributed by atoms with Crippen LogP contribution in [-0.2, 0) is 30.4 Å². The predicted molar refractivity (Wildman–Crippen MR) is 110 cm³/mol. The SMILES string of the molecule is NC(CO)C(=O)NC(Cc1ccc(O)cc1)C(=O)NC(CO)C(=O)NC(CC(=O)O)C(=O)O. The number of aliphatic hydroxyl groups excluding tert-OH is 2. The second-order valence-electron chi connectivity index (χ2n) is 6.96. The van der Waals surface area contributed by atoms with E-state index in [-0.39, 0.29) is 12.2 Å². The number of nitrogens with one attached hydrogen (secondary N) is 3. The molecule has 0 fully saturated rings. The maximum atomic E-state index is 12.8. The average Bonchev–Trinajstić information content (AvgIpc) is 2.76. The lowest BCUT2D eigenvalue weighted by Gasteiger charge is -2.24. The Balaban J connectivity index is 2.99. The van der Waals surface area contributed by atoms with Gasteiger partial charge < -0.3 is 47.2 Å². The molecule has 0 aliphatic rings. The van der Waals surface area contributed by atoms with Crippen molar-refractivity contribution in [3.8, 4) is 5.75 Å². The highest BCUT2D eigenvalue weighted by Gasteiger charge is 2.31. The van der Waals surface area contributed by atoms with Gasteiger partial charge in [-0.05, 0) is 17.7 Å². The van der Waals surface area contributed by atoms with Gasteiger partial charge in [-0.2, -0.15) is 0 Å². The number of carbonyl (C=O) groups is 5. The van der Waals surface area contributed by atoms with Crippen LogP contribution in [0.15, 0.2) is 24.3 Å². The van der Waals surface area contributed by atoms with E-state index < -0.39 is 73.5 Å². The summed E-state index contributed by atoms with van der Waals surface area (Å²) in [7, 11) is 0. The zero-order valence-corrected chi connectivity index (χ0v) is 17.3. The number of benzene rings is 1. The van der Waals surface area contributed by atoms with Crippen LogP contribution in [-0.4, -0.2) is 92.6 Å². The molecule has 0 aliphatic carbocycles. The topological polar surface area (TPSA) is 249 Å². The molecule has 0 saturated heterocycles. The first-order valence-corrected chi connectivity index (χ1v) is 9.59. The quantitative estimate of drug-likeness (QED) is 0.135. The standard InChI is InChI=1S/C19H26N4O10/c20-11(7-24)16(29)21-12(5-9-1-3-10(26)4-2-9)17(30)23-14(8-25)18(31)22-13(19(32)33)6-15(27)28/h1-4,11-14,24-26H,5-8,20H2,(H,21,29)(H,22,31)(H,23,30)(H,27,28)(H,32,33). The van der Waals surface area contributed by atoms with E-state index in [1.54, 1.807) is 0 Å². The van der Waals surface area contributed by atoms with Crippen molar-refractivity contribution in [2.75, 3.05) is 13.2 Å². The summed E-state index contributed by atoms with van der Waals surface area (Å²) in [6.07, 6.45) is -1.07. The summed E-state index contributed by atoms with van der Waals surface area (Å²) >= 11 is 0. The lowest BCUT2D eigenvalue weighted by atomic mass is 10.0. The number of aromatic hydroxyl groups is 1. The van der Waals surface area contributed by atoms with Crippen molar-refractivity contribution in [1.82, 2.24) is 16.0 Å². The van der Waals surface area contributed by atoms with Gasteiger partial charge in [-0.25, -0.2) is 4.79 Å². The lowest BCUT2D eigenvalue weighted by molar-refractivity contribution is -0.147. The van der Waals surface area contributed by atoms with Crippen LogP contribution < -0.4 is 21.7 Å². The summed E-state index contributed by atoms with van der Waals surface area (Å²) < 4.78 is 0. The highest BCUT2D eigenvalue weighted by molar-refractivity contribution is 5.94. The van der Waals surface area contributed by atoms with Crippen LogP contribution in [0.3, 0.4) is 0 Å². The number of phenolic OH excluding ortho intramolecular Hbond substituents is 1. The lowest BCUT2D eigenvalue weighted by Crippen LogP contribution is -2.59.